The van der Waals surface area contributed by atoms with Gasteiger partial charge in [-0.3, -0.25) is 4.57 Å². The molecular formula is C25H32Cl2N2. The molecule has 0 saturated heterocycles. The number of aryl methyl sites for hydroxylation is 2. The van der Waals surface area contributed by atoms with E-state index in [0.29, 0.717) is 10.3 Å². The van der Waals surface area contributed by atoms with Gasteiger partial charge in [-0.1, -0.05) is 106 Å². The molecule has 3 aromatic rings. The highest BCUT2D eigenvalue weighted by Crippen LogP contribution is 2.33. The predicted molar refractivity (Wildman–Crippen MR) is 127 cm³/mol. The fourth-order valence-electron chi connectivity index (χ4n) is 4.23. The lowest BCUT2D eigenvalue weighted by Gasteiger charge is -2.18. The molecule has 0 atom stereocenters. The number of fused-ring (bicyclic) bond motifs is 1. The molecule has 0 amide bonds. The SMILES string of the molecule is CCCCCCCCCCCc1c(-n2cnc(Cl)c2Cl)c(C)cc2ccccc12. The van der Waals surface area contributed by atoms with Crippen molar-refractivity contribution in [2.24, 2.45) is 0 Å². The highest BCUT2D eigenvalue weighted by molar-refractivity contribution is 6.40. The lowest BCUT2D eigenvalue weighted by Crippen LogP contribution is -2.03. The molecule has 29 heavy (non-hydrogen) atoms. The fraction of sp³-hybridized carbons (Fsp3) is 0.480. The molecule has 2 aromatic carbocycles. The van der Waals surface area contributed by atoms with E-state index in [-0.39, 0.29) is 0 Å². The average Bonchev–Trinajstić information content (AvgIpc) is 3.05. The second-order valence-electron chi connectivity index (χ2n) is 8.02. The number of aromatic nitrogens is 2. The van der Waals surface area contributed by atoms with Gasteiger partial charge in [0.15, 0.2) is 10.3 Å². The van der Waals surface area contributed by atoms with Crippen LogP contribution >= 0.6 is 23.2 Å². The Morgan fingerprint density at radius 3 is 2.21 bits per heavy atom. The van der Waals surface area contributed by atoms with E-state index in [9.17, 15) is 0 Å². The Labute approximate surface area is 185 Å². The van der Waals surface area contributed by atoms with Crippen LogP contribution in [0.3, 0.4) is 0 Å². The third kappa shape index (κ3) is 5.55. The maximum Gasteiger partial charge on any atom is 0.166 e. The van der Waals surface area contributed by atoms with Crippen LogP contribution in [-0.4, -0.2) is 9.55 Å². The van der Waals surface area contributed by atoms with Crippen molar-refractivity contribution in [1.82, 2.24) is 9.55 Å². The number of benzene rings is 2. The Kier molecular flexibility index (Phi) is 8.44. The molecule has 0 saturated carbocycles. The van der Waals surface area contributed by atoms with Crippen molar-refractivity contribution >= 4 is 34.0 Å². The summed E-state index contributed by atoms with van der Waals surface area (Å²) in [5.41, 5.74) is 3.68. The molecule has 0 aliphatic carbocycles. The Morgan fingerprint density at radius 1 is 0.897 bits per heavy atom. The number of unbranched alkanes of at least 4 members (excludes halogenated alkanes) is 8. The van der Waals surface area contributed by atoms with Gasteiger partial charge in [-0.25, -0.2) is 4.98 Å². The standard InChI is InChI=1S/C25H32Cl2N2/c1-3-4-5-6-7-8-9-10-11-16-22-21-15-13-12-14-20(21)17-19(2)23(22)29-18-28-24(26)25(29)27/h12-15,17-18H,3-11,16H2,1-2H3. The topological polar surface area (TPSA) is 17.8 Å². The predicted octanol–water partition coefficient (Wildman–Crippen LogP) is 8.71. The molecule has 3 rings (SSSR count). The van der Waals surface area contributed by atoms with Crippen molar-refractivity contribution in [3.63, 3.8) is 0 Å². The van der Waals surface area contributed by atoms with Gasteiger partial charge >= 0.3 is 0 Å². The highest BCUT2D eigenvalue weighted by atomic mass is 35.5. The van der Waals surface area contributed by atoms with E-state index in [0.717, 1.165) is 12.1 Å². The van der Waals surface area contributed by atoms with Crippen LogP contribution in [0.15, 0.2) is 36.7 Å². The summed E-state index contributed by atoms with van der Waals surface area (Å²) >= 11 is 12.6. The zero-order valence-corrected chi connectivity index (χ0v) is 19.2. The minimum atomic E-state index is 0.355. The van der Waals surface area contributed by atoms with Crippen molar-refractivity contribution in [2.45, 2.75) is 78.1 Å². The molecule has 4 heteroatoms. The maximum atomic E-state index is 6.46. The van der Waals surface area contributed by atoms with E-state index < -0.39 is 0 Å². The largest absolute Gasteiger partial charge is 0.288 e. The van der Waals surface area contributed by atoms with Crippen LogP contribution in [0.2, 0.25) is 10.3 Å². The first-order valence-corrected chi connectivity index (χ1v) is 11.8. The Balaban J connectivity index is 1.74. The quantitative estimate of drug-likeness (QED) is 0.278. The monoisotopic (exact) mass is 430 g/mol. The number of hydrogen-bond acceptors (Lipinski definition) is 1. The molecule has 0 spiro atoms. The first kappa shape index (κ1) is 22.2. The minimum absolute atomic E-state index is 0.355. The average molecular weight is 431 g/mol. The highest BCUT2D eigenvalue weighted by Gasteiger charge is 2.16. The van der Waals surface area contributed by atoms with Gasteiger partial charge in [-0.15, -0.1) is 0 Å². The Morgan fingerprint density at radius 2 is 1.55 bits per heavy atom. The normalized spacial score (nSPS) is 11.4. The van der Waals surface area contributed by atoms with Gasteiger partial charge in [-0.2, -0.15) is 0 Å². The second kappa shape index (κ2) is 11.0. The van der Waals surface area contributed by atoms with E-state index in [4.69, 9.17) is 23.2 Å². The lowest BCUT2D eigenvalue weighted by atomic mass is 9.94. The molecule has 0 unspecified atom stereocenters. The number of rotatable bonds is 11. The molecule has 0 N–H and O–H groups in total. The van der Waals surface area contributed by atoms with Gasteiger partial charge in [-0.05, 0) is 47.7 Å². The summed E-state index contributed by atoms with van der Waals surface area (Å²) in [6.45, 7) is 4.42. The van der Waals surface area contributed by atoms with E-state index in [1.807, 2.05) is 4.57 Å². The molecular weight excluding hydrogens is 399 g/mol. The summed E-state index contributed by atoms with van der Waals surface area (Å²) in [6, 6.07) is 10.9. The molecule has 156 valence electrons. The lowest BCUT2D eigenvalue weighted by molar-refractivity contribution is 0.565. The molecule has 0 aliphatic heterocycles. The molecule has 0 fully saturated rings. The summed E-state index contributed by atoms with van der Waals surface area (Å²) in [7, 11) is 0. The molecule has 1 heterocycles. The first-order valence-electron chi connectivity index (χ1n) is 11.0. The van der Waals surface area contributed by atoms with Gasteiger partial charge < -0.3 is 0 Å². The number of imidazole rings is 1. The van der Waals surface area contributed by atoms with E-state index in [1.165, 1.54) is 79.7 Å². The van der Waals surface area contributed by atoms with E-state index in [2.05, 4.69) is 49.2 Å². The Hall–Kier alpha value is -1.51. The van der Waals surface area contributed by atoms with Gasteiger partial charge in [0.1, 0.15) is 6.33 Å². The minimum Gasteiger partial charge on any atom is -0.288 e. The second-order valence-corrected chi connectivity index (χ2v) is 8.73. The number of nitrogens with zero attached hydrogens (tertiary/aromatic N) is 2. The zero-order chi connectivity index (χ0) is 20.6. The smallest absolute Gasteiger partial charge is 0.166 e. The van der Waals surface area contributed by atoms with Gasteiger partial charge in [0, 0.05) is 0 Å². The molecule has 0 radical (unpaired) electrons. The summed E-state index contributed by atoms with van der Waals surface area (Å²) in [5.74, 6) is 0. The molecule has 2 nitrogen and oxygen atoms in total. The fourth-order valence-corrected chi connectivity index (χ4v) is 4.55. The van der Waals surface area contributed by atoms with Crippen molar-refractivity contribution < 1.29 is 0 Å². The van der Waals surface area contributed by atoms with Crippen molar-refractivity contribution in [2.75, 3.05) is 0 Å². The van der Waals surface area contributed by atoms with E-state index in [1.54, 1.807) is 6.33 Å². The number of hydrogen-bond donors (Lipinski definition) is 0. The van der Waals surface area contributed by atoms with Gasteiger partial charge in [0.05, 0.1) is 5.69 Å². The van der Waals surface area contributed by atoms with Crippen LogP contribution < -0.4 is 0 Å². The van der Waals surface area contributed by atoms with Crippen LogP contribution in [0.25, 0.3) is 16.5 Å². The van der Waals surface area contributed by atoms with Crippen LogP contribution in [0.5, 0.6) is 0 Å². The third-order valence-electron chi connectivity index (χ3n) is 5.76. The van der Waals surface area contributed by atoms with Crippen molar-refractivity contribution in [3.8, 4) is 5.69 Å². The van der Waals surface area contributed by atoms with Crippen molar-refractivity contribution in [1.29, 1.82) is 0 Å². The van der Waals surface area contributed by atoms with Crippen LogP contribution in [-0.2, 0) is 6.42 Å². The summed E-state index contributed by atoms with van der Waals surface area (Å²) in [6.07, 6.45) is 14.8. The van der Waals surface area contributed by atoms with E-state index >= 15 is 0 Å². The summed E-state index contributed by atoms with van der Waals surface area (Å²) < 4.78 is 1.94. The Bertz CT molecular complexity index is 930. The molecule has 0 bridgehead atoms. The molecule has 0 aliphatic rings. The summed E-state index contributed by atoms with van der Waals surface area (Å²) in [4.78, 5) is 4.20. The maximum absolute atomic E-state index is 6.46. The summed E-state index contributed by atoms with van der Waals surface area (Å²) in [5, 5.41) is 3.42. The first-order chi connectivity index (χ1) is 14.1. The van der Waals surface area contributed by atoms with Gasteiger partial charge in [0.25, 0.3) is 0 Å². The van der Waals surface area contributed by atoms with Crippen LogP contribution in [0.1, 0.15) is 75.8 Å². The number of halogens is 2. The van der Waals surface area contributed by atoms with Crippen molar-refractivity contribution in [3.05, 3.63) is 58.1 Å². The zero-order valence-electron chi connectivity index (χ0n) is 17.7. The molecule has 1 aromatic heterocycles. The third-order valence-corrected chi connectivity index (χ3v) is 6.49. The van der Waals surface area contributed by atoms with Crippen LogP contribution in [0, 0.1) is 6.92 Å². The van der Waals surface area contributed by atoms with Gasteiger partial charge in [0.2, 0.25) is 0 Å². The van der Waals surface area contributed by atoms with Crippen LogP contribution in [0.4, 0.5) is 0 Å².